The molecule has 7 nitrogen and oxygen atoms in total. The van der Waals surface area contributed by atoms with E-state index in [9.17, 15) is 4.79 Å². The van der Waals surface area contributed by atoms with Crippen molar-refractivity contribution in [3.8, 4) is 11.6 Å². The van der Waals surface area contributed by atoms with Gasteiger partial charge < -0.3 is 14.0 Å². The van der Waals surface area contributed by atoms with Crippen LogP contribution >= 0.6 is 11.8 Å². The van der Waals surface area contributed by atoms with Gasteiger partial charge in [-0.1, -0.05) is 23.8 Å². The van der Waals surface area contributed by atoms with Gasteiger partial charge in [0, 0.05) is 12.5 Å². The van der Waals surface area contributed by atoms with Gasteiger partial charge in [-0.25, -0.2) is 0 Å². The summed E-state index contributed by atoms with van der Waals surface area (Å²) in [5.41, 5.74) is 0.453. The van der Waals surface area contributed by atoms with Crippen LogP contribution in [0.25, 0.3) is 11.6 Å². The van der Waals surface area contributed by atoms with Gasteiger partial charge in [0.1, 0.15) is 11.0 Å². The first-order valence-corrected chi connectivity index (χ1v) is 6.17. The Morgan fingerprint density at radius 1 is 1.56 bits per heavy atom. The van der Waals surface area contributed by atoms with E-state index >= 15 is 0 Å². The molecule has 0 fully saturated rings. The van der Waals surface area contributed by atoms with Crippen LogP contribution in [0.5, 0.6) is 0 Å². The van der Waals surface area contributed by atoms with Crippen LogP contribution in [0.15, 0.2) is 20.2 Å². The number of hydrogen-bond acceptors (Lipinski definition) is 7. The van der Waals surface area contributed by atoms with Gasteiger partial charge >= 0.3 is 5.97 Å². The van der Waals surface area contributed by atoms with Crippen molar-refractivity contribution in [2.24, 2.45) is 0 Å². The van der Waals surface area contributed by atoms with Crippen molar-refractivity contribution < 1.29 is 18.8 Å². The van der Waals surface area contributed by atoms with Crippen LogP contribution in [0, 0.1) is 0 Å². The second kappa shape index (κ2) is 5.21. The van der Waals surface area contributed by atoms with E-state index in [1.54, 1.807) is 13.0 Å². The fourth-order valence-corrected chi connectivity index (χ4v) is 1.76. The van der Waals surface area contributed by atoms with E-state index in [1.807, 2.05) is 6.92 Å². The van der Waals surface area contributed by atoms with Crippen LogP contribution < -0.4 is 0 Å². The number of carboxylic acids is 1. The van der Waals surface area contributed by atoms with Crippen LogP contribution in [0.4, 0.5) is 0 Å². The number of aliphatic carboxylic acids is 1. The molecule has 1 atom stereocenters. The van der Waals surface area contributed by atoms with Crippen LogP contribution in [0.3, 0.4) is 0 Å². The minimum Gasteiger partial charge on any atom is -0.480 e. The summed E-state index contributed by atoms with van der Waals surface area (Å²) in [5.74, 6) is 0.00398. The first kappa shape index (κ1) is 12.6. The summed E-state index contributed by atoms with van der Waals surface area (Å²) in [7, 11) is 0. The highest BCUT2D eigenvalue weighted by atomic mass is 32.2. The standard InChI is InChI=1S/C10H11N3O4S/c1-3-6-4-7(13-17-6)8-11-12-10(16-8)18-5(2)9(14)15/h4-5H,3H2,1-2H3,(H,14,15). The van der Waals surface area contributed by atoms with Crippen molar-refractivity contribution in [2.45, 2.75) is 30.7 Å². The number of carboxylic acid groups (broad SMARTS) is 1. The van der Waals surface area contributed by atoms with Crippen molar-refractivity contribution in [1.29, 1.82) is 0 Å². The molecule has 8 heteroatoms. The average Bonchev–Trinajstić information content (AvgIpc) is 2.96. The summed E-state index contributed by atoms with van der Waals surface area (Å²) in [6, 6.07) is 1.71. The molecule has 0 saturated carbocycles. The normalized spacial score (nSPS) is 12.6. The highest BCUT2D eigenvalue weighted by Crippen LogP contribution is 2.25. The molecule has 0 radical (unpaired) electrons. The maximum absolute atomic E-state index is 10.7. The lowest BCUT2D eigenvalue weighted by Crippen LogP contribution is -2.10. The number of hydrogen-bond donors (Lipinski definition) is 1. The first-order chi connectivity index (χ1) is 8.60. The zero-order valence-electron chi connectivity index (χ0n) is 9.78. The number of rotatable bonds is 5. The Morgan fingerprint density at radius 3 is 2.94 bits per heavy atom. The van der Waals surface area contributed by atoms with Crippen LogP contribution in [-0.4, -0.2) is 31.7 Å². The highest BCUT2D eigenvalue weighted by Gasteiger charge is 2.18. The zero-order chi connectivity index (χ0) is 13.1. The smallest absolute Gasteiger partial charge is 0.316 e. The van der Waals surface area contributed by atoms with Gasteiger partial charge in [-0.3, -0.25) is 4.79 Å². The highest BCUT2D eigenvalue weighted by molar-refractivity contribution is 8.00. The largest absolute Gasteiger partial charge is 0.480 e. The molecule has 2 aromatic rings. The number of carbonyl (C=O) groups is 1. The van der Waals surface area contributed by atoms with E-state index < -0.39 is 11.2 Å². The van der Waals surface area contributed by atoms with Crippen molar-refractivity contribution in [1.82, 2.24) is 15.4 Å². The van der Waals surface area contributed by atoms with Crippen LogP contribution in [0.2, 0.25) is 0 Å². The molecule has 0 aliphatic carbocycles. The fraction of sp³-hybridized carbons (Fsp3) is 0.400. The Balaban J connectivity index is 2.12. The number of nitrogens with zero attached hydrogens (tertiary/aromatic N) is 3. The SMILES string of the molecule is CCc1cc(-c2nnc(SC(C)C(=O)O)o2)no1. The molecular formula is C10H11N3O4S. The van der Waals surface area contributed by atoms with E-state index in [1.165, 1.54) is 0 Å². The molecule has 0 aliphatic rings. The van der Waals surface area contributed by atoms with Crippen LogP contribution in [-0.2, 0) is 11.2 Å². The predicted octanol–water partition coefficient (Wildman–Crippen LogP) is 1.85. The maximum Gasteiger partial charge on any atom is 0.316 e. The molecule has 1 unspecified atom stereocenters. The Kier molecular flexibility index (Phi) is 3.66. The van der Waals surface area contributed by atoms with E-state index in [-0.39, 0.29) is 11.1 Å². The first-order valence-electron chi connectivity index (χ1n) is 5.29. The second-order valence-corrected chi connectivity index (χ2v) is 4.80. The molecule has 0 spiro atoms. The Labute approximate surface area is 107 Å². The summed E-state index contributed by atoms with van der Waals surface area (Å²) in [6.07, 6.45) is 0.721. The van der Waals surface area contributed by atoms with Gasteiger partial charge in [-0.05, 0) is 6.92 Å². The predicted molar refractivity (Wildman–Crippen MR) is 62.1 cm³/mol. The third-order valence-corrected chi connectivity index (χ3v) is 3.08. The molecule has 96 valence electrons. The molecule has 2 heterocycles. The van der Waals surface area contributed by atoms with E-state index in [2.05, 4.69) is 15.4 Å². The van der Waals surface area contributed by atoms with Gasteiger partial charge in [0.2, 0.25) is 0 Å². The van der Waals surface area contributed by atoms with Gasteiger partial charge in [-0.15, -0.1) is 10.2 Å². The summed E-state index contributed by atoms with van der Waals surface area (Å²) in [5, 5.41) is 19.6. The average molecular weight is 269 g/mol. The molecule has 2 aromatic heterocycles. The van der Waals surface area contributed by atoms with Crippen molar-refractivity contribution in [3.63, 3.8) is 0 Å². The number of aromatic nitrogens is 3. The number of thioether (sulfide) groups is 1. The molecule has 0 aliphatic heterocycles. The van der Waals surface area contributed by atoms with Gasteiger partial charge in [0.25, 0.3) is 11.1 Å². The van der Waals surface area contributed by atoms with Crippen LogP contribution in [0.1, 0.15) is 19.6 Å². The summed E-state index contributed by atoms with van der Waals surface area (Å²) in [6.45, 7) is 3.48. The minimum atomic E-state index is -0.936. The Morgan fingerprint density at radius 2 is 2.33 bits per heavy atom. The Bertz CT molecular complexity index is 551. The zero-order valence-corrected chi connectivity index (χ0v) is 10.6. The minimum absolute atomic E-state index is 0.195. The fourth-order valence-electron chi connectivity index (χ4n) is 1.14. The number of aryl methyl sites for hydroxylation is 1. The molecule has 0 aromatic carbocycles. The Hall–Kier alpha value is -1.83. The molecule has 0 amide bonds. The summed E-state index contributed by atoms with van der Waals surface area (Å²) in [4.78, 5) is 10.7. The molecule has 18 heavy (non-hydrogen) atoms. The lowest BCUT2D eigenvalue weighted by molar-refractivity contribution is -0.136. The monoisotopic (exact) mass is 269 g/mol. The van der Waals surface area contributed by atoms with Gasteiger partial charge in [0.15, 0.2) is 5.69 Å². The van der Waals surface area contributed by atoms with Gasteiger partial charge in [-0.2, -0.15) is 0 Å². The molecule has 1 N–H and O–H groups in total. The third-order valence-electron chi connectivity index (χ3n) is 2.16. The van der Waals surface area contributed by atoms with Gasteiger partial charge in [0.05, 0.1) is 0 Å². The summed E-state index contributed by atoms with van der Waals surface area (Å²) < 4.78 is 10.3. The quantitative estimate of drug-likeness (QED) is 0.820. The lowest BCUT2D eigenvalue weighted by Gasteiger charge is -1.99. The molecule has 2 rings (SSSR count). The molecule has 0 bridgehead atoms. The van der Waals surface area contributed by atoms with E-state index in [0.717, 1.165) is 23.9 Å². The lowest BCUT2D eigenvalue weighted by atomic mass is 10.3. The van der Waals surface area contributed by atoms with E-state index in [0.29, 0.717) is 5.69 Å². The topological polar surface area (TPSA) is 102 Å². The third kappa shape index (κ3) is 2.70. The van der Waals surface area contributed by atoms with E-state index in [4.69, 9.17) is 14.0 Å². The maximum atomic E-state index is 10.7. The van der Waals surface area contributed by atoms with Crippen molar-refractivity contribution >= 4 is 17.7 Å². The van der Waals surface area contributed by atoms with Crippen molar-refractivity contribution in [2.75, 3.05) is 0 Å². The summed E-state index contributed by atoms with van der Waals surface area (Å²) >= 11 is 0.982. The second-order valence-electron chi connectivity index (χ2n) is 3.50. The molecule has 0 saturated heterocycles. The van der Waals surface area contributed by atoms with Crippen molar-refractivity contribution in [3.05, 3.63) is 11.8 Å². The molecular weight excluding hydrogens is 258 g/mol.